The van der Waals surface area contributed by atoms with Crippen molar-refractivity contribution in [3.8, 4) is 0 Å². The molecule has 5 heteroatoms. The molecule has 5 nitrogen and oxygen atoms in total. The Morgan fingerprint density at radius 3 is 2.29 bits per heavy atom. The van der Waals surface area contributed by atoms with E-state index in [2.05, 4.69) is 0 Å². The SMILES string of the molecule is COC[C@@H](CN)N(C(=O)O)C(C)(C)C. The molecule has 1 atom stereocenters. The van der Waals surface area contributed by atoms with Crippen molar-refractivity contribution in [2.45, 2.75) is 32.4 Å². The number of methoxy groups -OCH3 is 1. The van der Waals surface area contributed by atoms with E-state index in [0.29, 0.717) is 6.61 Å². The van der Waals surface area contributed by atoms with Crippen molar-refractivity contribution >= 4 is 6.09 Å². The molecule has 0 heterocycles. The molecule has 84 valence electrons. The third-order valence-electron chi connectivity index (χ3n) is 1.93. The number of carbonyl (C=O) groups is 1. The van der Waals surface area contributed by atoms with Crippen LogP contribution < -0.4 is 5.73 Å². The van der Waals surface area contributed by atoms with Crippen LogP contribution in [0.1, 0.15) is 20.8 Å². The molecule has 0 fully saturated rings. The van der Waals surface area contributed by atoms with Gasteiger partial charge in [0.1, 0.15) is 0 Å². The molecule has 0 aromatic rings. The summed E-state index contributed by atoms with van der Waals surface area (Å²) in [4.78, 5) is 12.4. The highest BCUT2D eigenvalue weighted by Gasteiger charge is 2.32. The van der Waals surface area contributed by atoms with Crippen LogP contribution in [0, 0.1) is 0 Å². The van der Waals surface area contributed by atoms with Crippen molar-refractivity contribution in [3.63, 3.8) is 0 Å². The Morgan fingerprint density at radius 1 is 1.57 bits per heavy atom. The Morgan fingerprint density at radius 2 is 2.07 bits per heavy atom. The fraction of sp³-hybridized carbons (Fsp3) is 0.889. The van der Waals surface area contributed by atoms with Gasteiger partial charge in [-0.25, -0.2) is 4.79 Å². The largest absolute Gasteiger partial charge is 0.465 e. The lowest BCUT2D eigenvalue weighted by atomic mass is 10.0. The second-order valence-electron chi connectivity index (χ2n) is 4.17. The maximum absolute atomic E-state index is 11.0. The molecule has 0 aliphatic rings. The Kier molecular flexibility index (Phi) is 4.87. The summed E-state index contributed by atoms with van der Waals surface area (Å²) in [5.74, 6) is 0. The lowest BCUT2D eigenvalue weighted by Gasteiger charge is -2.38. The van der Waals surface area contributed by atoms with E-state index < -0.39 is 11.6 Å². The molecule has 0 saturated carbocycles. The fourth-order valence-electron chi connectivity index (χ4n) is 1.43. The number of amides is 1. The molecule has 0 saturated heterocycles. The Balaban J connectivity index is 4.70. The van der Waals surface area contributed by atoms with Gasteiger partial charge in [0.25, 0.3) is 0 Å². The maximum Gasteiger partial charge on any atom is 0.408 e. The van der Waals surface area contributed by atoms with Crippen LogP contribution in [0.5, 0.6) is 0 Å². The summed E-state index contributed by atoms with van der Waals surface area (Å²) in [6.45, 7) is 6.08. The molecular formula is C9H20N2O3. The van der Waals surface area contributed by atoms with Crippen LogP contribution in [0.2, 0.25) is 0 Å². The van der Waals surface area contributed by atoms with Crippen LogP contribution in [-0.2, 0) is 4.74 Å². The summed E-state index contributed by atoms with van der Waals surface area (Å²) in [5.41, 5.74) is 5.05. The number of hydrogen-bond donors (Lipinski definition) is 2. The maximum atomic E-state index is 11.0. The zero-order valence-electron chi connectivity index (χ0n) is 9.28. The van der Waals surface area contributed by atoms with E-state index >= 15 is 0 Å². The van der Waals surface area contributed by atoms with Crippen LogP contribution in [0.3, 0.4) is 0 Å². The van der Waals surface area contributed by atoms with E-state index in [-0.39, 0.29) is 12.6 Å². The molecule has 0 radical (unpaired) electrons. The highest BCUT2D eigenvalue weighted by atomic mass is 16.5. The summed E-state index contributed by atoms with van der Waals surface area (Å²) < 4.78 is 4.94. The predicted molar refractivity (Wildman–Crippen MR) is 54.3 cm³/mol. The predicted octanol–water partition coefficient (Wildman–Crippen LogP) is 0.739. The highest BCUT2D eigenvalue weighted by molar-refractivity contribution is 5.66. The van der Waals surface area contributed by atoms with E-state index in [9.17, 15) is 4.79 Å². The first kappa shape index (κ1) is 13.2. The van der Waals surface area contributed by atoms with Crippen LogP contribution >= 0.6 is 0 Å². The first-order chi connectivity index (χ1) is 6.34. The number of hydrogen-bond acceptors (Lipinski definition) is 3. The molecule has 0 rings (SSSR count). The zero-order chi connectivity index (χ0) is 11.4. The van der Waals surface area contributed by atoms with Gasteiger partial charge in [-0.3, -0.25) is 4.90 Å². The summed E-state index contributed by atoms with van der Waals surface area (Å²) >= 11 is 0. The monoisotopic (exact) mass is 204 g/mol. The average Bonchev–Trinajstić information content (AvgIpc) is 2.00. The van der Waals surface area contributed by atoms with Crippen LogP contribution in [-0.4, -0.2) is 47.9 Å². The molecule has 0 unspecified atom stereocenters. The minimum absolute atomic E-state index is 0.261. The number of ether oxygens (including phenoxy) is 1. The topological polar surface area (TPSA) is 75.8 Å². The summed E-state index contributed by atoms with van der Waals surface area (Å²) in [7, 11) is 1.53. The average molecular weight is 204 g/mol. The van der Waals surface area contributed by atoms with E-state index in [0.717, 1.165) is 0 Å². The highest BCUT2D eigenvalue weighted by Crippen LogP contribution is 2.17. The van der Waals surface area contributed by atoms with Gasteiger partial charge in [-0.05, 0) is 20.8 Å². The molecule has 0 aromatic heterocycles. The molecule has 0 aliphatic carbocycles. The van der Waals surface area contributed by atoms with Gasteiger partial charge in [-0.1, -0.05) is 0 Å². The minimum atomic E-state index is -0.968. The van der Waals surface area contributed by atoms with Gasteiger partial charge >= 0.3 is 6.09 Å². The van der Waals surface area contributed by atoms with Crippen molar-refractivity contribution in [2.24, 2.45) is 5.73 Å². The van der Waals surface area contributed by atoms with Gasteiger partial charge in [0.05, 0.1) is 12.6 Å². The van der Waals surface area contributed by atoms with Crippen molar-refractivity contribution in [3.05, 3.63) is 0 Å². The second kappa shape index (κ2) is 5.17. The number of nitrogens with zero attached hydrogens (tertiary/aromatic N) is 1. The van der Waals surface area contributed by atoms with Crippen LogP contribution in [0.4, 0.5) is 4.79 Å². The molecule has 1 amide bonds. The number of carboxylic acid groups (broad SMARTS) is 1. The van der Waals surface area contributed by atoms with Gasteiger partial charge in [0, 0.05) is 19.2 Å². The van der Waals surface area contributed by atoms with E-state index in [1.54, 1.807) is 0 Å². The normalized spacial score (nSPS) is 13.8. The molecule has 0 spiro atoms. The lowest BCUT2D eigenvalue weighted by molar-refractivity contribution is 0.0377. The summed E-state index contributed by atoms with van der Waals surface area (Å²) in [6, 6.07) is -0.294. The summed E-state index contributed by atoms with van der Waals surface area (Å²) in [6.07, 6.45) is -0.968. The summed E-state index contributed by atoms with van der Waals surface area (Å²) in [5, 5.41) is 9.05. The van der Waals surface area contributed by atoms with Crippen molar-refractivity contribution < 1.29 is 14.6 Å². The molecular weight excluding hydrogens is 184 g/mol. The van der Waals surface area contributed by atoms with Crippen molar-refractivity contribution in [2.75, 3.05) is 20.3 Å². The van der Waals surface area contributed by atoms with Crippen LogP contribution in [0.25, 0.3) is 0 Å². The van der Waals surface area contributed by atoms with Gasteiger partial charge in [0.15, 0.2) is 0 Å². The quantitative estimate of drug-likeness (QED) is 0.708. The number of nitrogens with two attached hydrogens (primary N) is 1. The Labute approximate surface area is 84.8 Å². The smallest absolute Gasteiger partial charge is 0.408 e. The first-order valence-corrected chi connectivity index (χ1v) is 4.55. The number of rotatable bonds is 4. The third-order valence-corrected chi connectivity index (χ3v) is 1.93. The Hall–Kier alpha value is -0.810. The van der Waals surface area contributed by atoms with E-state index in [1.807, 2.05) is 20.8 Å². The molecule has 0 aliphatic heterocycles. The third kappa shape index (κ3) is 3.51. The Bertz CT molecular complexity index is 189. The van der Waals surface area contributed by atoms with Crippen molar-refractivity contribution in [1.29, 1.82) is 0 Å². The van der Waals surface area contributed by atoms with Crippen molar-refractivity contribution in [1.82, 2.24) is 4.90 Å². The molecule has 14 heavy (non-hydrogen) atoms. The lowest BCUT2D eigenvalue weighted by Crippen LogP contribution is -2.55. The van der Waals surface area contributed by atoms with Gasteiger partial charge in [-0.15, -0.1) is 0 Å². The van der Waals surface area contributed by atoms with Gasteiger partial charge < -0.3 is 15.6 Å². The van der Waals surface area contributed by atoms with Crippen LogP contribution in [0.15, 0.2) is 0 Å². The van der Waals surface area contributed by atoms with E-state index in [1.165, 1.54) is 12.0 Å². The fourth-order valence-corrected chi connectivity index (χ4v) is 1.43. The molecule has 3 N–H and O–H groups in total. The first-order valence-electron chi connectivity index (χ1n) is 4.55. The second-order valence-corrected chi connectivity index (χ2v) is 4.17. The van der Waals surface area contributed by atoms with Gasteiger partial charge in [0.2, 0.25) is 0 Å². The molecule has 0 aromatic carbocycles. The zero-order valence-corrected chi connectivity index (χ0v) is 9.28. The van der Waals surface area contributed by atoms with Gasteiger partial charge in [-0.2, -0.15) is 0 Å². The standard InChI is InChI=1S/C9H20N2O3/c1-9(2,3)11(8(12)13)7(5-10)6-14-4/h7H,5-6,10H2,1-4H3,(H,12,13)/t7-/m1/s1. The minimum Gasteiger partial charge on any atom is -0.465 e. The molecule has 0 bridgehead atoms. The van der Waals surface area contributed by atoms with E-state index in [4.69, 9.17) is 15.6 Å².